The van der Waals surface area contributed by atoms with E-state index in [0.29, 0.717) is 12.3 Å². The Hall–Kier alpha value is -2.17. The average molecular weight is 312 g/mol. The molecule has 1 amide bonds. The first-order valence-electron chi connectivity index (χ1n) is 8.46. The molecule has 0 bridgehead atoms. The summed E-state index contributed by atoms with van der Waals surface area (Å²) in [6.45, 7) is 5.06. The van der Waals surface area contributed by atoms with Crippen molar-refractivity contribution < 1.29 is 4.79 Å². The summed E-state index contributed by atoms with van der Waals surface area (Å²) in [5.41, 5.74) is 1.83. The summed E-state index contributed by atoms with van der Waals surface area (Å²) in [5, 5.41) is 11.7. The van der Waals surface area contributed by atoms with Crippen molar-refractivity contribution in [1.82, 2.24) is 14.8 Å². The van der Waals surface area contributed by atoms with E-state index in [1.165, 1.54) is 19.3 Å². The lowest BCUT2D eigenvalue weighted by atomic mass is 10.1. The van der Waals surface area contributed by atoms with E-state index in [9.17, 15) is 4.79 Å². The van der Waals surface area contributed by atoms with E-state index in [1.54, 1.807) is 0 Å². The van der Waals surface area contributed by atoms with Crippen LogP contribution in [0, 0.1) is 5.92 Å². The third-order valence-electron chi connectivity index (χ3n) is 4.11. The molecule has 1 aromatic heterocycles. The van der Waals surface area contributed by atoms with Gasteiger partial charge in [-0.1, -0.05) is 32.4 Å². The fourth-order valence-corrected chi connectivity index (χ4v) is 3.02. The highest BCUT2D eigenvalue weighted by molar-refractivity contribution is 5.91. The maximum atomic E-state index is 12.0. The maximum Gasteiger partial charge on any atom is 0.224 e. The number of nitrogens with one attached hydrogen (secondary N) is 1. The lowest BCUT2D eigenvalue weighted by Crippen LogP contribution is -2.13. The number of amides is 1. The Labute approximate surface area is 137 Å². The molecule has 0 saturated carbocycles. The molecule has 1 aliphatic rings. The van der Waals surface area contributed by atoms with Crippen LogP contribution >= 0.6 is 0 Å². The summed E-state index contributed by atoms with van der Waals surface area (Å²) in [7, 11) is 0. The Morgan fingerprint density at radius 2 is 2.13 bits per heavy atom. The lowest BCUT2D eigenvalue weighted by Gasteiger charge is -2.10. The zero-order valence-electron chi connectivity index (χ0n) is 13.9. The van der Waals surface area contributed by atoms with Crippen molar-refractivity contribution in [1.29, 1.82) is 0 Å². The number of fused-ring (bicyclic) bond motifs is 1. The second-order valence-electron chi connectivity index (χ2n) is 6.63. The molecular formula is C18H24N4O. The van der Waals surface area contributed by atoms with Gasteiger partial charge in [-0.2, -0.15) is 0 Å². The first-order chi connectivity index (χ1) is 11.1. The Kier molecular flexibility index (Phi) is 4.74. The number of carbonyl (C=O) groups is 1. The smallest absolute Gasteiger partial charge is 0.224 e. The Morgan fingerprint density at radius 1 is 1.26 bits per heavy atom. The zero-order valence-corrected chi connectivity index (χ0v) is 13.9. The fourth-order valence-electron chi connectivity index (χ4n) is 3.02. The summed E-state index contributed by atoms with van der Waals surface area (Å²) < 4.78 is 2.22. The number of hydrogen-bond acceptors (Lipinski definition) is 3. The fraction of sp³-hybridized carbons (Fsp3) is 0.500. The van der Waals surface area contributed by atoms with Gasteiger partial charge in [0, 0.05) is 30.6 Å². The monoisotopic (exact) mass is 312 g/mol. The van der Waals surface area contributed by atoms with Crippen LogP contribution in [0.1, 0.15) is 45.4 Å². The van der Waals surface area contributed by atoms with E-state index in [2.05, 4.69) is 20.1 Å². The highest BCUT2D eigenvalue weighted by Gasteiger charge is 2.16. The largest absolute Gasteiger partial charge is 0.326 e. The van der Waals surface area contributed by atoms with Crippen molar-refractivity contribution >= 4 is 11.6 Å². The van der Waals surface area contributed by atoms with Gasteiger partial charge in [0.2, 0.25) is 5.91 Å². The van der Waals surface area contributed by atoms with Crippen LogP contribution < -0.4 is 5.32 Å². The summed E-state index contributed by atoms with van der Waals surface area (Å²) in [5.74, 6) is 2.39. The highest BCUT2D eigenvalue weighted by atomic mass is 16.1. The van der Waals surface area contributed by atoms with Gasteiger partial charge in [0.25, 0.3) is 0 Å². The van der Waals surface area contributed by atoms with Gasteiger partial charge in [-0.3, -0.25) is 4.79 Å². The number of nitrogens with zero attached hydrogens (tertiary/aromatic N) is 3. The normalized spacial score (nSPS) is 14.4. The molecule has 0 fully saturated rings. The van der Waals surface area contributed by atoms with Gasteiger partial charge in [0.05, 0.1) is 0 Å². The molecule has 0 radical (unpaired) electrons. The molecule has 1 N–H and O–H groups in total. The van der Waals surface area contributed by atoms with Crippen molar-refractivity contribution in [3.05, 3.63) is 30.1 Å². The Balaban J connectivity index is 1.83. The summed E-state index contributed by atoms with van der Waals surface area (Å²) in [4.78, 5) is 12.0. The van der Waals surface area contributed by atoms with E-state index in [-0.39, 0.29) is 5.91 Å². The molecule has 3 rings (SSSR count). The molecular weight excluding hydrogens is 288 g/mol. The van der Waals surface area contributed by atoms with Crippen molar-refractivity contribution in [3.63, 3.8) is 0 Å². The minimum absolute atomic E-state index is 0.0530. The molecule has 0 unspecified atom stereocenters. The van der Waals surface area contributed by atoms with E-state index >= 15 is 0 Å². The van der Waals surface area contributed by atoms with E-state index in [1.807, 2.05) is 38.1 Å². The first-order valence-corrected chi connectivity index (χ1v) is 8.46. The molecule has 2 aromatic rings. The molecule has 0 aliphatic carbocycles. The van der Waals surface area contributed by atoms with Gasteiger partial charge in [0.15, 0.2) is 5.82 Å². The van der Waals surface area contributed by atoms with Crippen LogP contribution in [0.2, 0.25) is 0 Å². The molecule has 5 nitrogen and oxygen atoms in total. The summed E-state index contributed by atoms with van der Waals surface area (Å²) in [6.07, 6.45) is 5.13. The topological polar surface area (TPSA) is 59.8 Å². The Morgan fingerprint density at radius 3 is 2.96 bits per heavy atom. The third kappa shape index (κ3) is 3.78. The van der Waals surface area contributed by atoms with Crippen LogP contribution in [-0.2, 0) is 17.8 Å². The number of aromatic nitrogens is 3. The predicted molar refractivity (Wildman–Crippen MR) is 91.1 cm³/mol. The Bertz CT molecular complexity index is 690. The molecule has 5 heteroatoms. The van der Waals surface area contributed by atoms with E-state index < -0.39 is 0 Å². The SMILES string of the molecule is CC(C)CC(=O)Nc1cccc(-c2nnc3n2CCCCC3)c1. The van der Waals surface area contributed by atoms with E-state index in [4.69, 9.17) is 0 Å². The molecule has 1 aliphatic heterocycles. The number of benzene rings is 1. The van der Waals surface area contributed by atoms with Crippen LogP contribution in [0.3, 0.4) is 0 Å². The zero-order chi connectivity index (χ0) is 16.2. The summed E-state index contributed by atoms with van der Waals surface area (Å²) in [6, 6.07) is 7.89. The third-order valence-corrected chi connectivity index (χ3v) is 4.11. The average Bonchev–Trinajstić information content (AvgIpc) is 2.75. The van der Waals surface area contributed by atoms with E-state index in [0.717, 1.165) is 35.9 Å². The van der Waals surface area contributed by atoms with Crippen LogP contribution in [0.4, 0.5) is 5.69 Å². The second kappa shape index (κ2) is 6.94. The highest BCUT2D eigenvalue weighted by Crippen LogP contribution is 2.25. The molecule has 0 atom stereocenters. The first kappa shape index (κ1) is 15.7. The van der Waals surface area contributed by atoms with Gasteiger partial charge in [0.1, 0.15) is 5.82 Å². The van der Waals surface area contributed by atoms with Gasteiger partial charge in [-0.15, -0.1) is 10.2 Å². The van der Waals surface area contributed by atoms with Crippen molar-refractivity contribution in [3.8, 4) is 11.4 Å². The lowest BCUT2D eigenvalue weighted by molar-refractivity contribution is -0.116. The quantitative estimate of drug-likeness (QED) is 0.937. The summed E-state index contributed by atoms with van der Waals surface area (Å²) >= 11 is 0. The molecule has 23 heavy (non-hydrogen) atoms. The molecule has 0 spiro atoms. The molecule has 2 heterocycles. The van der Waals surface area contributed by atoms with Gasteiger partial charge < -0.3 is 9.88 Å². The van der Waals surface area contributed by atoms with Crippen molar-refractivity contribution in [2.45, 2.75) is 52.5 Å². The minimum Gasteiger partial charge on any atom is -0.326 e. The van der Waals surface area contributed by atoms with Crippen LogP contribution in [0.15, 0.2) is 24.3 Å². The van der Waals surface area contributed by atoms with Crippen LogP contribution in [-0.4, -0.2) is 20.7 Å². The molecule has 0 saturated heterocycles. The minimum atomic E-state index is 0.0530. The number of carbonyl (C=O) groups excluding carboxylic acids is 1. The van der Waals surface area contributed by atoms with Crippen molar-refractivity contribution in [2.75, 3.05) is 5.32 Å². The number of rotatable bonds is 4. The van der Waals surface area contributed by atoms with Gasteiger partial charge in [-0.05, 0) is 30.9 Å². The van der Waals surface area contributed by atoms with Crippen molar-refractivity contribution in [2.24, 2.45) is 5.92 Å². The maximum absolute atomic E-state index is 12.0. The van der Waals surface area contributed by atoms with Crippen LogP contribution in [0.25, 0.3) is 11.4 Å². The van der Waals surface area contributed by atoms with Gasteiger partial charge in [-0.25, -0.2) is 0 Å². The number of hydrogen-bond donors (Lipinski definition) is 1. The molecule has 1 aromatic carbocycles. The van der Waals surface area contributed by atoms with Crippen LogP contribution in [0.5, 0.6) is 0 Å². The number of anilines is 1. The predicted octanol–water partition coefficient (Wildman–Crippen LogP) is 3.66. The second-order valence-corrected chi connectivity index (χ2v) is 6.63. The van der Waals surface area contributed by atoms with Gasteiger partial charge >= 0.3 is 0 Å². The molecule has 122 valence electrons. The number of aryl methyl sites for hydroxylation is 1. The standard InChI is InChI=1S/C18H24N4O/c1-13(2)11-17(23)19-15-8-6-7-14(12-15)18-21-20-16-9-4-3-5-10-22(16)18/h6-8,12-13H,3-5,9-11H2,1-2H3,(H,19,23).